The molecule has 2 heterocycles. The van der Waals surface area contributed by atoms with E-state index in [1.807, 2.05) is 20.0 Å². The topological polar surface area (TPSA) is 55.6 Å². The van der Waals surface area contributed by atoms with Crippen molar-refractivity contribution >= 4 is 17.3 Å². The van der Waals surface area contributed by atoms with Crippen LogP contribution in [-0.2, 0) is 13.6 Å². The molecule has 0 aliphatic carbocycles. The summed E-state index contributed by atoms with van der Waals surface area (Å²) in [6, 6.07) is 1.91. The van der Waals surface area contributed by atoms with Crippen molar-refractivity contribution in [1.29, 1.82) is 0 Å². The van der Waals surface area contributed by atoms with Gasteiger partial charge in [0.05, 0.1) is 24.1 Å². The molecule has 2 aromatic rings. The summed E-state index contributed by atoms with van der Waals surface area (Å²) in [5.74, 6) is 0. The standard InChI is InChI=1S/C10H12ClN5/c1-7-3-4-12-10(11)9(7)13-5-8-6-14-15-16(8)2/h3-4,6,13H,5H2,1-2H3. The Morgan fingerprint density at radius 3 is 2.94 bits per heavy atom. The first-order chi connectivity index (χ1) is 7.68. The number of aryl methyl sites for hydroxylation is 2. The van der Waals surface area contributed by atoms with Crippen molar-refractivity contribution in [2.75, 3.05) is 5.32 Å². The van der Waals surface area contributed by atoms with E-state index in [0.29, 0.717) is 11.7 Å². The zero-order chi connectivity index (χ0) is 11.5. The third kappa shape index (κ3) is 2.14. The van der Waals surface area contributed by atoms with Gasteiger partial charge in [0, 0.05) is 13.2 Å². The van der Waals surface area contributed by atoms with Crippen LogP contribution < -0.4 is 5.32 Å². The van der Waals surface area contributed by atoms with Gasteiger partial charge in [-0.05, 0) is 18.6 Å². The molecule has 6 heteroatoms. The molecule has 0 saturated carbocycles. The van der Waals surface area contributed by atoms with Crippen LogP contribution in [0.25, 0.3) is 0 Å². The predicted octanol–water partition coefficient (Wildman–Crippen LogP) is 1.78. The monoisotopic (exact) mass is 237 g/mol. The maximum Gasteiger partial charge on any atom is 0.152 e. The van der Waals surface area contributed by atoms with E-state index in [2.05, 4.69) is 20.6 Å². The average molecular weight is 238 g/mol. The molecule has 0 spiro atoms. The quantitative estimate of drug-likeness (QED) is 0.827. The molecule has 0 aliphatic heterocycles. The van der Waals surface area contributed by atoms with Crippen molar-refractivity contribution in [1.82, 2.24) is 20.0 Å². The van der Waals surface area contributed by atoms with Gasteiger partial charge in [-0.2, -0.15) is 0 Å². The molecule has 0 aromatic carbocycles. The summed E-state index contributed by atoms with van der Waals surface area (Å²) >= 11 is 6.00. The predicted molar refractivity (Wildman–Crippen MR) is 62.3 cm³/mol. The molecular formula is C10H12ClN5. The molecule has 0 unspecified atom stereocenters. The zero-order valence-corrected chi connectivity index (χ0v) is 9.86. The molecule has 16 heavy (non-hydrogen) atoms. The van der Waals surface area contributed by atoms with Crippen LogP contribution in [0.15, 0.2) is 18.5 Å². The van der Waals surface area contributed by atoms with E-state index < -0.39 is 0 Å². The summed E-state index contributed by atoms with van der Waals surface area (Å²) < 4.78 is 1.71. The molecule has 0 atom stereocenters. The molecule has 0 amide bonds. The number of hydrogen-bond donors (Lipinski definition) is 1. The first-order valence-corrected chi connectivity index (χ1v) is 5.25. The molecule has 2 rings (SSSR count). The highest BCUT2D eigenvalue weighted by molar-refractivity contribution is 6.32. The lowest BCUT2D eigenvalue weighted by molar-refractivity contribution is 0.683. The Balaban J connectivity index is 2.14. The fourth-order valence-corrected chi connectivity index (χ4v) is 1.66. The Kier molecular flexibility index (Phi) is 3.05. The first-order valence-electron chi connectivity index (χ1n) is 4.87. The van der Waals surface area contributed by atoms with Crippen LogP contribution in [0, 0.1) is 6.92 Å². The van der Waals surface area contributed by atoms with Crippen LogP contribution in [0.2, 0.25) is 5.15 Å². The number of halogens is 1. The van der Waals surface area contributed by atoms with Crippen molar-refractivity contribution < 1.29 is 0 Å². The molecule has 0 bridgehead atoms. The van der Waals surface area contributed by atoms with Gasteiger partial charge in [-0.3, -0.25) is 4.68 Å². The van der Waals surface area contributed by atoms with Crippen LogP contribution in [0.3, 0.4) is 0 Å². The minimum Gasteiger partial charge on any atom is -0.377 e. The summed E-state index contributed by atoms with van der Waals surface area (Å²) in [4.78, 5) is 4.03. The number of nitrogens with one attached hydrogen (secondary N) is 1. The Morgan fingerprint density at radius 2 is 2.31 bits per heavy atom. The lowest BCUT2D eigenvalue weighted by Crippen LogP contribution is -2.07. The van der Waals surface area contributed by atoms with Gasteiger partial charge < -0.3 is 5.32 Å². The summed E-state index contributed by atoms with van der Waals surface area (Å²) in [6.45, 7) is 2.60. The molecule has 0 aliphatic rings. The van der Waals surface area contributed by atoms with Crippen LogP contribution in [0.1, 0.15) is 11.3 Å². The SMILES string of the molecule is Cc1ccnc(Cl)c1NCc1cnnn1C. The van der Waals surface area contributed by atoms with E-state index in [-0.39, 0.29) is 0 Å². The molecule has 0 radical (unpaired) electrons. The van der Waals surface area contributed by atoms with Gasteiger partial charge in [0.15, 0.2) is 5.15 Å². The summed E-state index contributed by atoms with van der Waals surface area (Å²) in [5, 5.41) is 11.4. The Labute approximate surface area is 98.5 Å². The number of rotatable bonds is 3. The fraction of sp³-hybridized carbons (Fsp3) is 0.300. The van der Waals surface area contributed by atoms with Crippen molar-refractivity contribution in [3.05, 3.63) is 34.9 Å². The van der Waals surface area contributed by atoms with E-state index in [9.17, 15) is 0 Å². The first kappa shape index (κ1) is 10.9. The van der Waals surface area contributed by atoms with E-state index >= 15 is 0 Å². The molecular weight excluding hydrogens is 226 g/mol. The van der Waals surface area contributed by atoms with E-state index in [1.54, 1.807) is 17.1 Å². The van der Waals surface area contributed by atoms with Crippen molar-refractivity contribution in [2.45, 2.75) is 13.5 Å². The van der Waals surface area contributed by atoms with Gasteiger partial charge in [0.25, 0.3) is 0 Å². The molecule has 0 fully saturated rings. The van der Waals surface area contributed by atoms with Crippen LogP contribution in [0.4, 0.5) is 5.69 Å². The molecule has 1 N–H and O–H groups in total. The minimum atomic E-state index is 0.482. The lowest BCUT2D eigenvalue weighted by atomic mass is 10.2. The smallest absolute Gasteiger partial charge is 0.152 e. The number of pyridine rings is 1. The molecule has 5 nitrogen and oxygen atoms in total. The number of anilines is 1. The third-order valence-corrected chi connectivity index (χ3v) is 2.65. The van der Waals surface area contributed by atoms with Crippen LogP contribution in [0.5, 0.6) is 0 Å². The average Bonchev–Trinajstić information content (AvgIpc) is 2.64. The van der Waals surface area contributed by atoms with Gasteiger partial charge in [0.2, 0.25) is 0 Å². The highest BCUT2D eigenvalue weighted by Gasteiger charge is 2.05. The Bertz CT molecular complexity index is 473. The maximum absolute atomic E-state index is 6.00. The summed E-state index contributed by atoms with van der Waals surface area (Å²) in [5.41, 5.74) is 2.90. The Morgan fingerprint density at radius 1 is 1.50 bits per heavy atom. The zero-order valence-electron chi connectivity index (χ0n) is 9.11. The van der Waals surface area contributed by atoms with Crippen molar-refractivity contribution in [3.8, 4) is 0 Å². The van der Waals surface area contributed by atoms with Gasteiger partial charge in [-0.1, -0.05) is 16.8 Å². The normalized spacial score (nSPS) is 10.4. The lowest BCUT2D eigenvalue weighted by Gasteiger charge is -2.09. The second-order valence-electron chi connectivity index (χ2n) is 3.50. The highest BCUT2D eigenvalue weighted by Crippen LogP contribution is 2.23. The second-order valence-corrected chi connectivity index (χ2v) is 3.85. The Hall–Kier alpha value is -1.62. The summed E-state index contributed by atoms with van der Waals surface area (Å²) in [6.07, 6.45) is 3.40. The van der Waals surface area contributed by atoms with Crippen molar-refractivity contribution in [2.24, 2.45) is 7.05 Å². The third-order valence-electron chi connectivity index (χ3n) is 2.37. The largest absolute Gasteiger partial charge is 0.377 e. The van der Waals surface area contributed by atoms with Gasteiger partial charge in [0.1, 0.15) is 0 Å². The second kappa shape index (κ2) is 4.49. The number of hydrogen-bond acceptors (Lipinski definition) is 4. The number of aromatic nitrogens is 4. The molecule has 2 aromatic heterocycles. The van der Waals surface area contributed by atoms with Crippen molar-refractivity contribution in [3.63, 3.8) is 0 Å². The minimum absolute atomic E-state index is 0.482. The van der Waals surface area contributed by atoms with Gasteiger partial charge >= 0.3 is 0 Å². The van der Waals surface area contributed by atoms with E-state index in [1.165, 1.54) is 0 Å². The number of nitrogens with zero attached hydrogens (tertiary/aromatic N) is 4. The van der Waals surface area contributed by atoms with E-state index in [0.717, 1.165) is 16.9 Å². The molecule has 84 valence electrons. The van der Waals surface area contributed by atoms with Crippen LogP contribution >= 0.6 is 11.6 Å². The van der Waals surface area contributed by atoms with Gasteiger partial charge in [-0.15, -0.1) is 5.10 Å². The maximum atomic E-state index is 6.00. The summed E-state index contributed by atoms with van der Waals surface area (Å²) in [7, 11) is 1.85. The molecule has 0 saturated heterocycles. The van der Waals surface area contributed by atoms with E-state index in [4.69, 9.17) is 11.6 Å². The fourth-order valence-electron chi connectivity index (χ4n) is 1.39. The van der Waals surface area contributed by atoms with Crippen LogP contribution in [-0.4, -0.2) is 20.0 Å². The highest BCUT2D eigenvalue weighted by atomic mass is 35.5. The van der Waals surface area contributed by atoms with Gasteiger partial charge in [-0.25, -0.2) is 4.98 Å².